The Morgan fingerprint density at radius 3 is 3.00 bits per heavy atom. The molecule has 0 aliphatic heterocycles. The maximum absolute atomic E-state index is 11.1. The highest BCUT2D eigenvalue weighted by atomic mass is 16.5. The summed E-state index contributed by atoms with van der Waals surface area (Å²) < 4.78 is 4.80. The molecular weight excluding hydrogens is 222 g/mol. The van der Waals surface area contributed by atoms with Crippen molar-refractivity contribution in [3.63, 3.8) is 0 Å². The van der Waals surface area contributed by atoms with Gasteiger partial charge in [0.05, 0.1) is 6.61 Å². The predicted octanol–water partition coefficient (Wildman–Crippen LogP) is 0.834. The molecule has 0 unspecified atom stereocenters. The third-order valence-corrected chi connectivity index (χ3v) is 2.03. The lowest BCUT2D eigenvalue weighted by molar-refractivity contribution is -0.143. The molecule has 0 aliphatic carbocycles. The van der Waals surface area contributed by atoms with Crippen LogP contribution in [0.3, 0.4) is 0 Å². The molecule has 2 N–H and O–H groups in total. The topological polar surface area (TPSA) is 84.1 Å². The van der Waals surface area contributed by atoms with Crippen molar-refractivity contribution in [1.82, 2.24) is 9.97 Å². The molecule has 0 spiro atoms. The summed E-state index contributed by atoms with van der Waals surface area (Å²) in [7, 11) is 0. The van der Waals surface area contributed by atoms with Gasteiger partial charge in [-0.05, 0) is 20.3 Å². The van der Waals surface area contributed by atoms with Crippen LogP contribution in [0.1, 0.15) is 25.6 Å². The molecule has 0 atom stereocenters. The molecule has 17 heavy (non-hydrogen) atoms. The van der Waals surface area contributed by atoms with E-state index in [0.717, 1.165) is 0 Å². The lowest BCUT2D eigenvalue weighted by atomic mass is 10.3. The average Bonchev–Trinajstić information content (AvgIpc) is 2.23. The standard InChI is InChI=1S/C11H17N3O3/c1-3-17-11(16)5-4-6-12-9-7-10(15)14-8(2)13-9/h7H,3-6H2,1-2H3,(H2,12,13,14,15). The Morgan fingerprint density at radius 2 is 2.35 bits per heavy atom. The van der Waals surface area contributed by atoms with Gasteiger partial charge in [0.2, 0.25) is 0 Å². The molecule has 6 nitrogen and oxygen atoms in total. The first-order chi connectivity index (χ1) is 8.11. The molecule has 0 bridgehead atoms. The van der Waals surface area contributed by atoms with E-state index in [9.17, 15) is 9.59 Å². The SMILES string of the molecule is CCOC(=O)CCCNc1cc(=O)[nH]c(C)n1. The summed E-state index contributed by atoms with van der Waals surface area (Å²) >= 11 is 0. The minimum Gasteiger partial charge on any atom is -0.466 e. The van der Waals surface area contributed by atoms with Crippen molar-refractivity contribution < 1.29 is 9.53 Å². The van der Waals surface area contributed by atoms with Crippen LogP contribution in [0, 0.1) is 6.92 Å². The maximum atomic E-state index is 11.1. The lowest BCUT2D eigenvalue weighted by Gasteiger charge is -2.05. The summed E-state index contributed by atoms with van der Waals surface area (Å²) in [5.74, 6) is 0.879. The van der Waals surface area contributed by atoms with E-state index < -0.39 is 0 Å². The fourth-order valence-electron chi connectivity index (χ4n) is 1.35. The van der Waals surface area contributed by atoms with Crippen LogP contribution in [0.15, 0.2) is 10.9 Å². The second-order valence-electron chi connectivity index (χ2n) is 3.55. The van der Waals surface area contributed by atoms with Gasteiger partial charge >= 0.3 is 5.97 Å². The zero-order valence-electron chi connectivity index (χ0n) is 10.1. The number of hydrogen-bond acceptors (Lipinski definition) is 5. The number of carbonyl (C=O) groups is 1. The number of H-pyrrole nitrogens is 1. The monoisotopic (exact) mass is 239 g/mol. The predicted molar refractivity (Wildman–Crippen MR) is 64.0 cm³/mol. The zero-order valence-corrected chi connectivity index (χ0v) is 10.1. The highest BCUT2D eigenvalue weighted by Gasteiger charge is 2.01. The molecule has 0 fully saturated rings. The number of rotatable bonds is 6. The number of anilines is 1. The average molecular weight is 239 g/mol. The third kappa shape index (κ3) is 5.14. The molecule has 0 aliphatic rings. The second-order valence-corrected chi connectivity index (χ2v) is 3.55. The quantitative estimate of drug-likeness (QED) is 0.567. The Morgan fingerprint density at radius 1 is 1.59 bits per heavy atom. The molecule has 6 heteroatoms. The molecule has 1 aromatic heterocycles. The van der Waals surface area contributed by atoms with Crippen molar-refractivity contribution in [1.29, 1.82) is 0 Å². The first-order valence-corrected chi connectivity index (χ1v) is 5.59. The summed E-state index contributed by atoms with van der Waals surface area (Å²) in [4.78, 5) is 28.8. The van der Waals surface area contributed by atoms with E-state index in [1.807, 2.05) is 0 Å². The van der Waals surface area contributed by atoms with Gasteiger partial charge < -0.3 is 15.0 Å². The third-order valence-electron chi connectivity index (χ3n) is 2.03. The molecule has 0 amide bonds. The van der Waals surface area contributed by atoms with E-state index in [1.54, 1.807) is 13.8 Å². The molecule has 1 heterocycles. The van der Waals surface area contributed by atoms with Crippen molar-refractivity contribution in [2.75, 3.05) is 18.5 Å². The van der Waals surface area contributed by atoms with Crippen LogP contribution < -0.4 is 10.9 Å². The lowest BCUT2D eigenvalue weighted by Crippen LogP contribution is -2.13. The Hall–Kier alpha value is -1.85. The van der Waals surface area contributed by atoms with Crippen LogP contribution in [-0.2, 0) is 9.53 Å². The fraction of sp³-hybridized carbons (Fsp3) is 0.545. The van der Waals surface area contributed by atoms with Gasteiger partial charge in [0.15, 0.2) is 0 Å². The van der Waals surface area contributed by atoms with Gasteiger partial charge in [-0.3, -0.25) is 9.59 Å². The van der Waals surface area contributed by atoms with Gasteiger partial charge in [0, 0.05) is 19.0 Å². The summed E-state index contributed by atoms with van der Waals surface area (Å²) in [6.07, 6.45) is 1.01. The van der Waals surface area contributed by atoms with Crippen molar-refractivity contribution in [3.8, 4) is 0 Å². The first kappa shape index (κ1) is 13.2. The molecule has 0 saturated carbocycles. The van der Waals surface area contributed by atoms with Gasteiger partial charge in [-0.1, -0.05) is 0 Å². The van der Waals surface area contributed by atoms with Gasteiger partial charge in [-0.25, -0.2) is 4.98 Å². The Kier molecular flexibility index (Phi) is 5.19. The van der Waals surface area contributed by atoms with Crippen LogP contribution in [0.5, 0.6) is 0 Å². The number of esters is 1. The smallest absolute Gasteiger partial charge is 0.305 e. The van der Waals surface area contributed by atoms with E-state index >= 15 is 0 Å². The number of nitrogens with zero attached hydrogens (tertiary/aromatic N) is 1. The van der Waals surface area contributed by atoms with Crippen molar-refractivity contribution in [2.24, 2.45) is 0 Å². The number of carbonyl (C=O) groups excluding carboxylic acids is 1. The van der Waals surface area contributed by atoms with E-state index in [4.69, 9.17) is 4.74 Å². The first-order valence-electron chi connectivity index (χ1n) is 5.59. The van der Waals surface area contributed by atoms with Crippen LogP contribution in [0.4, 0.5) is 5.82 Å². The number of aromatic amines is 1. The number of nitrogens with one attached hydrogen (secondary N) is 2. The Labute approximate surface area is 99.4 Å². The number of aryl methyl sites for hydroxylation is 1. The molecular formula is C11H17N3O3. The molecule has 1 rings (SSSR count). The summed E-state index contributed by atoms with van der Waals surface area (Å²) in [5.41, 5.74) is -0.189. The van der Waals surface area contributed by atoms with Gasteiger partial charge in [-0.2, -0.15) is 0 Å². The normalized spacial score (nSPS) is 10.0. The number of aromatic nitrogens is 2. The van der Waals surface area contributed by atoms with Crippen LogP contribution in [0.2, 0.25) is 0 Å². The van der Waals surface area contributed by atoms with Gasteiger partial charge in [-0.15, -0.1) is 0 Å². The van der Waals surface area contributed by atoms with Crippen LogP contribution in [0.25, 0.3) is 0 Å². The van der Waals surface area contributed by atoms with Crippen molar-refractivity contribution >= 4 is 11.8 Å². The molecule has 0 saturated heterocycles. The van der Waals surface area contributed by atoms with Gasteiger partial charge in [0.25, 0.3) is 5.56 Å². The van der Waals surface area contributed by atoms with Crippen LogP contribution >= 0.6 is 0 Å². The molecule has 0 aromatic carbocycles. The van der Waals surface area contributed by atoms with E-state index in [2.05, 4.69) is 15.3 Å². The largest absolute Gasteiger partial charge is 0.466 e. The van der Waals surface area contributed by atoms with Crippen molar-refractivity contribution in [3.05, 3.63) is 22.2 Å². The Bertz CT molecular complexity index is 428. The summed E-state index contributed by atoms with van der Waals surface area (Å²) in [6.45, 7) is 4.47. The van der Waals surface area contributed by atoms with Crippen molar-refractivity contribution in [2.45, 2.75) is 26.7 Å². The number of hydrogen-bond donors (Lipinski definition) is 2. The number of ether oxygens (including phenoxy) is 1. The molecule has 0 radical (unpaired) electrons. The zero-order chi connectivity index (χ0) is 12.7. The van der Waals surface area contributed by atoms with Gasteiger partial charge in [0.1, 0.15) is 11.6 Å². The molecule has 94 valence electrons. The highest BCUT2D eigenvalue weighted by molar-refractivity contribution is 5.69. The highest BCUT2D eigenvalue weighted by Crippen LogP contribution is 1.99. The fourth-order valence-corrected chi connectivity index (χ4v) is 1.35. The maximum Gasteiger partial charge on any atom is 0.305 e. The minimum atomic E-state index is -0.204. The summed E-state index contributed by atoms with van der Waals surface area (Å²) in [5, 5.41) is 2.98. The van der Waals surface area contributed by atoms with E-state index in [1.165, 1.54) is 6.07 Å². The second kappa shape index (κ2) is 6.67. The molecule has 1 aromatic rings. The van der Waals surface area contributed by atoms with Crippen LogP contribution in [-0.4, -0.2) is 29.1 Å². The minimum absolute atomic E-state index is 0.189. The van der Waals surface area contributed by atoms with E-state index in [0.29, 0.717) is 37.6 Å². The summed E-state index contributed by atoms with van der Waals surface area (Å²) in [6, 6.07) is 1.39. The Balaban J connectivity index is 2.31. The van der Waals surface area contributed by atoms with E-state index in [-0.39, 0.29) is 11.5 Å².